The van der Waals surface area contributed by atoms with Crippen LogP contribution in [0.4, 0.5) is 0 Å². The molecule has 0 radical (unpaired) electrons. The van der Waals surface area contributed by atoms with Gasteiger partial charge in [0.15, 0.2) is 0 Å². The second-order valence-electron chi connectivity index (χ2n) is 7.13. The zero-order chi connectivity index (χ0) is 15.4. The van der Waals surface area contributed by atoms with Crippen LogP contribution in [0.2, 0.25) is 0 Å². The maximum atomic E-state index is 12.7. The van der Waals surface area contributed by atoms with E-state index in [9.17, 15) is 4.79 Å². The number of likely N-dealkylation sites (tertiary alicyclic amines) is 2. The molecule has 2 unspecified atom stereocenters. The van der Waals surface area contributed by atoms with Crippen LogP contribution in [0.1, 0.15) is 44.9 Å². The molecule has 2 N–H and O–H groups in total. The minimum atomic E-state index is -0.327. The number of nitrogens with two attached hydrogens (primary N) is 1. The van der Waals surface area contributed by atoms with Gasteiger partial charge in [-0.1, -0.05) is 0 Å². The lowest BCUT2D eigenvalue weighted by atomic mass is 9.91. The Balaban J connectivity index is 1.52. The molecule has 0 aromatic heterocycles. The molecule has 22 heavy (non-hydrogen) atoms. The fourth-order valence-corrected chi connectivity index (χ4v) is 4.26. The van der Waals surface area contributed by atoms with Gasteiger partial charge in [0.1, 0.15) is 0 Å². The van der Waals surface area contributed by atoms with Gasteiger partial charge in [-0.2, -0.15) is 0 Å². The van der Waals surface area contributed by atoms with E-state index in [4.69, 9.17) is 10.5 Å². The number of carbonyl (C=O) groups is 1. The number of nitrogens with zero attached hydrogens (tertiary/aromatic N) is 2. The molecule has 3 fully saturated rings. The van der Waals surface area contributed by atoms with E-state index in [0.717, 1.165) is 52.0 Å². The zero-order valence-electron chi connectivity index (χ0n) is 13.7. The van der Waals surface area contributed by atoms with Crippen LogP contribution in [0.15, 0.2) is 0 Å². The average Bonchev–Trinajstić information content (AvgIpc) is 2.99. The van der Waals surface area contributed by atoms with Crippen molar-refractivity contribution in [1.29, 1.82) is 0 Å². The average molecular weight is 309 g/mol. The number of hydrogen-bond donors (Lipinski definition) is 1. The predicted octanol–water partition coefficient (Wildman–Crippen LogP) is 1.22. The molecule has 126 valence electrons. The molecule has 3 aliphatic heterocycles. The van der Waals surface area contributed by atoms with Gasteiger partial charge < -0.3 is 20.3 Å². The molecule has 0 aromatic rings. The summed E-state index contributed by atoms with van der Waals surface area (Å²) in [4.78, 5) is 17.4. The topological polar surface area (TPSA) is 58.8 Å². The van der Waals surface area contributed by atoms with Crippen molar-refractivity contribution in [2.45, 2.75) is 57.0 Å². The molecule has 3 rings (SSSR count). The van der Waals surface area contributed by atoms with Crippen LogP contribution in [-0.4, -0.2) is 67.2 Å². The number of hydrogen-bond acceptors (Lipinski definition) is 4. The van der Waals surface area contributed by atoms with Crippen molar-refractivity contribution in [3.8, 4) is 0 Å². The molecule has 0 saturated carbocycles. The van der Waals surface area contributed by atoms with Gasteiger partial charge in [0.2, 0.25) is 5.91 Å². The van der Waals surface area contributed by atoms with E-state index >= 15 is 0 Å². The van der Waals surface area contributed by atoms with E-state index < -0.39 is 0 Å². The van der Waals surface area contributed by atoms with E-state index in [1.165, 1.54) is 32.4 Å². The Kier molecular flexibility index (Phi) is 5.71. The van der Waals surface area contributed by atoms with Crippen LogP contribution in [-0.2, 0) is 9.53 Å². The highest BCUT2D eigenvalue weighted by molar-refractivity contribution is 5.82. The van der Waals surface area contributed by atoms with E-state index in [2.05, 4.69) is 4.90 Å². The quantitative estimate of drug-likeness (QED) is 0.851. The minimum Gasteiger partial charge on any atom is -0.381 e. The number of rotatable bonds is 3. The van der Waals surface area contributed by atoms with Gasteiger partial charge in [0, 0.05) is 32.3 Å². The molecule has 1 amide bonds. The second kappa shape index (κ2) is 7.75. The number of carbonyl (C=O) groups excluding carboxylic acids is 1. The van der Waals surface area contributed by atoms with Crippen molar-refractivity contribution >= 4 is 5.91 Å². The van der Waals surface area contributed by atoms with Crippen molar-refractivity contribution in [3.63, 3.8) is 0 Å². The Morgan fingerprint density at radius 1 is 0.955 bits per heavy atom. The maximum Gasteiger partial charge on any atom is 0.239 e. The molecule has 3 heterocycles. The van der Waals surface area contributed by atoms with E-state index in [-0.39, 0.29) is 11.9 Å². The summed E-state index contributed by atoms with van der Waals surface area (Å²) in [6.45, 7) is 5.78. The third-order valence-electron chi connectivity index (χ3n) is 5.73. The van der Waals surface area contributed by atoms with Crippen molar-refractivity contribution in [2.24, 2.45) is 11.7 Å². The molecule has 0 aromatic carbocycles. The van der Waals surface area contributed by atoms with Crippen molar-refractivity contribution < 1.29 is 9.53 Å². The molecule has 5 nitrogen and oxygen atoms in total. The predicted molar refractivity (Wildman–Crippen MR) is 86.5 cm³/mol. The number of ether oxygens (including phenoxy) is 1. The number of amides is 1. The molecule has 3 aliphatic rings. The van der Waals surface area contributed by atoms with Gasteiger partial charge in [0.25, 0.3) is 0 Å². The van der Waals surface area contributed by atoms with Crippen LogP contribution in [0.25, 0.3) is 0 Å². The Hall–Kier alpha value is -0.650. The Morgan fingerprint density at radius 3 is 2.41 bits per heavy atom. The highest BCUT2D eigenvalue weighted by atomic mass is 16.5. The van der Waals surface area contributed by atoms with Crippen molar-refractivity contribution in [2.75, 3.05) is 39.4 Å². The summed E-state index contributed by atoms with van der Waals surface area (Å²) in [7, 11) is 0. The van der Waals surface area contributed by atoms with Crippen molar-refractivity contribution in [3.05, 3.63) is 0 Å². The Morgan fingerprint density at radius 2 is 1.68 bits per heavy atom. The van der Waals surface area contributed by atoms with E-state index in [0.29, 0.717) is 12.0 Å². The van der Waals surface area contributed by atoms with Gasteiger partial charge in [-0.25, -0.2) is 0 Å². The molecule has 3 saturated heterocycles. The van der Waals surface area contributed by atoms with Crippen LogP contribution < -0.4 is 5.73 Å². The first-order chi connectivity index (χ1) is 10.8. The molecule has 5 heteroatoms. The largest absolute Gasteiger partial charge is 0.381 e. The van der Waals surface area contributed by atoms with Gasteiger partial charge in [-0.15, -0.1) is 0 Å². The van der Waals surface area contributed by atoms with Crippen LogP contribution in [0.3, 0.4) is 0 Å². The molecule has 0 bridgehead atoms. The lowest BCUT2D eigenvalue weighted by molar-refractivity contribution is -0.134. The van der Waals surface area contributed by atoms with Crippen molar-refractivity contribution in [1.82, 2.24) is 9.80 Å². The third-order valence-corrected chi connectivity index (χ3v) is 5.73. The SMILES string of the molecule is NC(C(=O)N1CCCC(N2CCCC2)CC1)C1CCOCC1. The highest BCUT2D eigenvalue weighted by Gasteiger charge is 2.32. The fraction of sp³-hybridized carbons (Fsp3) is 0.941. The fourth-order valence-electron chi connectivity index (χ4n) is 4.26. The monoisotopic (exact) mass is 309 g/mol. The smallest absolute Gasteiger partial charge is 0.239 e. The molecular formula is C17H31N3O2. The van der Waals surface area contributed by atoms with Gasteiger partial charge >= 0.3 is 0 Å². The lowest BCUT2D eigenvalue weighted by Gasteiger charge is -2.31. The standard InChI is InChI=1S/C17H31N3O2/c18-16(14-6-12-22-13-7-14)17(21)20-10-3-4-15(5-11-20)19-8-1-2-9-19/h14-16H,1-13,18H2. The summed E-state index contributed by atoms with van der Waals surface area (Å²) in [5.41, 5.74) is 6.27. The first kappa shape index (κ1) is 16.2. The molecule has 0 spiro atoms. The Labute approximate surface area is 134 Å². The minimum absolute atomic E-state index is 0.175. The first-order valence-corrected chi connectivity index (χ1v) is 9.12. The van der Waals surface area contributed by atoms with Crippen LogP contribution in [0, 0.1) is 5.92 Å². The summed E-state index contributed by atoms with van der Waals surface area (Å²) in [5.74, 6) is 0.479. The lowest BCUT2D eigenvalue weighted by Crippen LogP contribution is -2.49. The highest BCUT2D eigenvalue weighted by Crippen LogP contribution is 2.23. The summed E-state index contributed by atoms with van der Waals surface area (Å²) in [6, 6.07) is 0.354. The molecular weight excluding hydrogens is 278 g/mol. The second-order valence-corrected chi connectivity index (χ2v) is 7.13. The third kappa shape index (κ3) is 3.81. The summed E-state index contributed by atoms with van der Waals surface area (Å²) >= 11 is 0. The van der Waals surface area contributed by atoms with Crippen LogP contribution >= 0.6 is 0 Å². The summed E-state index contributed by atoms with van der Waals surface area (Å²) in [6.07, 6.45) is 8.01. The van der Waals surface area contributed by atoms with Gasteiger partial charge in [-0.05, 0) is 64.0 Å². The van der Waals surface area contributed by atoms with Gasteiger partial charge in [0.05, 0.1) is 6.04 Å². The van der Waals surface area contributed by atoms with Gasteiger partial charge in [-0.3, -0.25) is 4.79 Å². The van der Waals surface area contributed by atoms with E-state index in [1.807, 2.05) is 4.90 Å². The summed E-state index contributed by atoms with van der Waals surface area (Å²) in [5, 5.41) is 0. The molecule has 2 atom stereocenters. The zero-order valence-corrected chi connectivity index (χ0v) is 13.7. The normalized spacial score (nSPS) is 30.2. The van der Waals surface area contributed by atoms with E-state index in [1.54, 1.807) is 0 Å². The summed E-state index contributed by atoms with van der Waals surface area (Å²) < 4.78 is 5.38. The van der Waals surface area contributed by atoms with Crippen LogP contribution in [0.5, 0.6) is 0 Å². The Bertz CT molecular complexity index is 365. The maximum absolute atomic E-state index is 12.7. The first-order valence-electron chi connectivity index (χ1n) is 9.12. The molecule has 0 aliphatic carbocycles.